The van der Waals surface area contributed by atoms with Gasteiger partial charge in [0.05, 0.1) is 30.7 Å². The number of hydrogen-bond acceptors (Lipinski definition) is 9. The van der Waals surface area contributed by atoms with Crippen LogP contribution in [-0.4, -0.2) is 93.8 Å². The van der Waals surface area contributed by atoms with E-state index in [0.717, 1.165) is 12.8 Å². The topological polar surface area (TPSA) is 161 Å². The molecule has 0 spiro atoms. The van der Waals surface area contributed by atoms with Crippen molar-refractivity contribution in [3.63, 3.8) is 0 Å². The zero-order valence-electron chi connectivity index (χ0n) is 23.9. The molecule has 16 heteroatoms. The number of nitrogens with one attached hydrogen (secondary N) is 4. The van der Waals surface area contributed by atoms with Crippen molar-refractivity contribution in [1.82, 2.24) is 30.6 Å². The zero-order valence-corrected chi connectivity index (χ0v) is 23.9. The van der Waals surface area contributed by atoms with Crippen molar-refractivity contribution in [1.29, 1.82) is 0 Å². The highest BCUT2D eigenvalue weighted by Gasteiger charge is 2.30. The third-order valence-corrected chi connectivity index (χ3v) is 6.04. The molecule has 2 heterocycles. The molecule has 4 rings (SSSR count). The summed E-state index contributed by atoms with van der Waals surface area (Å²) in [5.41, 5.74) is 2.34. The summed E-state index contributed by atoms with van der Waals surface area (Å²) in [7, 11) is 8.62. The second kappa shape index (κ2) is 12.9. The van der Waals surface area contributed by atoms with Gasteiger partial charge in [-0.2, -0.15) is 5.10 Å². The Morgan fingerprint density at radius 1 is 1.10 bits per heavy atom. The van der Waals surface area contributed by atoms with Crippen LogP contribution in [0.25, 0.3) is 11.3 Å². The van der Waals surface area contributed by atoms with E-state index in [0.29, 0.717) is 41.5 Å². The van der Waals surface area contributed by atoms with Gasteiger partial charge in [-0.05, 0) is 36.3 Å². The first-order valence-electron chi connectivity index (χ1n) is 13.3. The fraction of sp³-hybridized carbons (Fsp3) is 0.360. The number of amides is 3. The summed E-state index contributed by atoms with van der Waals surface area (Å²) < 4.78 is 12.3. The monoisotopic (exact) mass is 558 g/mol. The number of anilines is 3. The molecular formula is C25H33B3N8O5. The second-order valence-corrected chi connectivity index (χ2v) is 10.7. The minimum Gasteiger partial charge on any atom is -0.494 e. The minimum atomic E-state index is -0.502. The van der Waals surface area contributed by atoms with Gasteiger partial charge >= 0.3 is 0 Å². The van der Waals surface area contributed by atoms with Gasteiger partial charge < -0.3 is 30.7 Å². The Hall–Kier alpha value is -4.33. The van der Waals surface area contributed by atoms with Crippen LogP contribution in [-0.2, 0) is 20.9 Å². The highest BCUT2D eigenvalue weighted by Crippen LogP contribution is 2.38. The van der Waals surface area contributed by atoms with E-state index < -0.39 is 11.1 Å². The summed E-state index contributed by atoms with van der Waals surface area (Å²) in [6.45, 7) is 0.873. The van der Waals surface area contributed by atoms with E-state index in [9.17, 15) is 14.4 Å². The lowest BCUT2D eigenvalue weighted by atomic mass is 9.49. The maximum absolute atomic E-state index is 13.1. The molecule has 13 nitrogen and oxygen atoms in total. The van der Waals surface area contributed by atoms with Gasteiger partial charge in [-0.3, -0.25) is 19.1 Å². The first-order chi connectivity index (χ1) is 19.6. The minimum absolute atomic E-state index is 0.00229. The lowest BCUT2D eigenvalue weighted by molar-refractivity contribution is -0.124. The summed E-state index contributed by atoms with van der Waals surface area (Å²) >= 11 is 0. The summed E-state index contributed by atoms with van der Waals surface area (Å²) in [5, 5.41) is 24.1. The van der Waals surface area contributed by atoms with E-state index in [1.807, 2.05) is 47.9 Å². The Labute approximate surface area is 240 Å². The number of methoxy groups -OCH3 is 2. The Balaban J connectivity index is 1.60. The number of ether oxygens (including phenoxy) is 2. The summed E-state index contributed by atoms with van der Waals surface area (Å²) in [4.78, 5) is 37.1. The molecule has 0 saturated heterocycles. The molecule has 0 atom stereocenters. The number of carbonyl (C=O) groups is 3. The molecule has 0 aliphatic heterocycles. The third kappa shape index (κ3) is 8.10. The molecule has 1 fully saturated rings. The smallest absolute Gasteiger partial charge is 0.272 e. The van der Waals surface area contributed by atoms with Crippen LogP contribution >= 0.6 is 0 Å². The number of hydrogen-bond donors (Lipinski definition) is 4. The molecule has 0 bridgehead atoms. The molecule has 41 heavy (non-hydrogen) atoms. The lowest BCUT2D eigenvalue weighted by Gasteiger charge is -2.22. The maximum atomic E-state index is 13.1. The van der Waals surface area contributed by atoms with E-state index in [-0.39, 0.29) is 35.9 Å². The predicted octanol–water partition coefficient (Wildman–Crippen LogP) is -1.56. The Morgan fingerprint density at radius 3 is 2.56 bits per heavy atom. The van der Waals surface area contributed by atoms with E-state index in [1.54, 1.807) is 23.9 Å². The summed E-state index contributed by atoms with van der Waals surface area (Å²) in [6, 6.07) is 8.95. The maximum Gasteiger partial charge on any atom is 0.272 e. The molecule has 0 unspecified atom stereocenters. The van der Waals surface area contributed by atoms with Crippen molar-refractivity contribution in [3.8, 4) is 17.0 Å². The SMILES string of the molecule is BC(B)(B)NC(=O)c1nnc(NC(=O)C2CC2)cc1Nc1cccc(-c2ccn(CCNC(=O)COC)n2)c1OC. The highest BCUT2D eigenvalue weighted by atomic mass is 16.5. The van der Waals surface area contributed by atoms with Crippen molar-refractivity contribution in [2.24, 2.45) is 5.92 Å². The zero-order chi connectivity index (χ0) is 29.6. The summed E-state index contributed by atoms with van der Waals surface area (Å²) in [6.07, 6.45) is 3.51. The molecule has 1 aliphatic carbocycles. The number of rotatable bonds is 13. The van der Waals surface area contributed by atoms with Gasteiger partial charge in [-0.25, -0.2) is 0 Å². The first-order valence-corrected chi connectivity index (χ1v) is 13.3. The van der Waals surface area contributed by atoms with Crippen LogP contribution in [0.5, 0.6) is 5.75 Å². The molecule has 1 saturated carbocycles. The van der Waals surface area contributed by atoms with E-state index in [2.05, 4.69) is 36.6 Å². The normalized spacial score (nSPS) is 12.8. The van der Waals surface area contributed by atoms with Crippen LogP contribution in [0.15, 0.2) is 36.5 Å². The molecule has 3 amide bonds. The van der Waals surface area contributed by atoms with Crippen molar-refractivity contribution < 1.29 is 23.9 Å². The van der Waals surface area contributed by atoms with Crippen LogP contribution in [0.1, 0.15) is 23.3 Å². The average molecular weight is 558 g/mol. The number of carbonyl (C=O) groups excluding carboxylic acids is 3. The van der Waals surface area contributed by atoms with Crippen molar-refractivity contribution >= 4 is 58.5 Å². The summed E-state index contributed by atoms with van der Waals surface area (Å²) in [5.74, 6) is -0.0199. The van der Waals surface area contributed by atoms with Gasteiger partial charge in [-0.1, -0.05) is 6.07 Å². The quantitative estimate of drug-likeness (QED) is 0.182. The van der Waals surface area contributed by atoms with E-state index in [4.69, 9.17) is 9.47 Å². The Bertz CT molecular complexity index is 1420. The molecule has 1 aliphatic rings. The van der Waals surface area contributed by atoms with Crippen molar-refractivity contribution in [2.45, 2.75) is 24.6 Å². The number of aromatic nitrogens is 4. The average Bonchev–Trinajstić information content (AvgIpc) is 3.66. The molecular weight excluding hydrogens is 525 g/mol. The highest BCUT2D eigenvalue weighted by molar-refractivity contribution is 6.60. The lowest BCUT2D eigenvalue weighted by Crippen LogP contribution is -2.50. The molecule has 4 N–H and O–H groups in total. The van der Waals surface area contributed by atoms with Gasteiger partial charge in [0.25, 0.3) is 5.91 Å². The van der Waals surface area contributed by atoms with Gasteiger partial charge in [-0.15, -0.1) is 10.2 Å². The Kier molecular flexibility index (Phi) is 9.33. The van der Waals surface area contributed by atoms with Crippen LogP contribution in [0.2, 0.25) is 0 Å². The van der Waals surface area contributed by atoms with Gasteiger partial charge in [0.1, 0.15) is 30.1 Å². The van der Waals surface area contributed by atoms with Crippen LogP contribution in [0, 0.1) is 5.92 Å². The third-order valence-electron chi connectivity index (χ3n) is 6.04. The van der Waals surface area contributed by atoms with E-state index in [1.165, 1.54) is 7.11 Å². The largest absolute Gasteiger partial charge is 0.494 e. The molecule has 2 aromatic heterocycles. The number of nitrogens with zero attached hydrogens (tertiary/aromatic N) is 4. The standard InChI is InChI=1S/C25H33B3N8O5/c1-40-13-20(37)29-9-11-36-10-8-16(35-36)15-4-3-5-17(22(15)41-2)30-18-12-19(31-23(38)14-6-7-14)33-34-21(18)24(39)32-25(26,27)28/h3-5,8,10,12,14H,6-7,9,11,13,26-28H2,1-2H3,(H,29,37)(H,32,39)(H2,30,31,33,38). The second-order valence-electron chi connectivity index (χ2n) is 10.7. The van der Waals surface area contributed by atoms with Gasteiger partial charge in [0, 0.05) is 37.4 Å². The van der Waals surface area contributed by atoms with Crippen LogP contribution in [0.4, 0.5) is 17.2 Å². The van der Waals surface area contributed by atoms with Crippen LogP contribution in [0.3, 0.4) is 0 Å². The predicted molar refractivity (Wildman–Crippen MR) is 162 cm³/mol. The fourth-order valence-corrected chi connectivity index (χ4v) is 4.01. The molecule has 3 aromatic rings. The van der Waals surface area contributed by atoms with E-state index >= 15 is 0 Å². The number of benzene rings is 1. The Morgan fingerprint density at radius 2 is 1.88 bits per heavy atom. The first kappa shape index (κ1) is 29.7. The van der Waals surface area contributed by atoms with Crippen molar-refractivity contribution in [3.05, 3.63) is 42.2 Å². The van der Waals surface area contributed by atoms with Gasteiger partial charge in [0.2, 0.25) is 11.8 Å². The number of para-hydroxylation sites is 1. The van der Waals surface area contributed by atoms with Crippen molar-refractivity contribution in [2.75, 3.05) is 38.0 Å². The van der Waals surface area contributed by atoms with Crippen LogP contribution < -0.4 is 26.0 Å². The fourth-order valence-electron chi connectivity index (χ4n) is 4.01. The van der Waals surface area contributed by atoms with Gasteiger partial charge in [0.15, 0.2) is 17.3 Å². The molecule has 0 radical (unpaired) electrons. The molecule has 212 valence electrons. The molecule has 1 aromatic carbocycles.